The molecule has 0 fully saturated rings. The van der Waals surface area contributed by atoms with Crippen LogP contribution in [0, 0.1) is 0 Å². The lowest BCUT2D eigenvalue weighted by atomic mass is 10.0. The predicted octanol–water partition coefficient (Wildman–Crippen LogP) is 4.25. The topological polar surface area (TPSA) is 72.0 Å². The van der Waals surface area contributed by atoms with Crippen molar-refractivity contribution in [2.75, 3.05) is 6.61 Å². The zero-order chi connectivity index (χ0) is 18.1. The molecule has 0 saturated heterocycles. The van der Waals surface area contributed by atoms with E-state index in [2.05, 4.69) is 10.2 Å². The van der Waals surface area contributed by atoms with Gasteiger partial charge in [-0.15, -0.1) is 0 Å². The number of carbonyl (C=O) groups is 2. The van der Waals surface area contributed by atoms with Crippen LogP contribution in [0.4, 0.5) is 0 Å². The first-order valence-corrected chi connectivity index (χ1v) is 8.70. The van der Waals surface area contributed by atoms with Gasteiger partial charge in [0.1, 0.15) is 5.69 Å². The molecule has 1 aliphatic carbocycles. The number of carbonyl (C=O) groups excluding carboxylic acids is 2. The van der Waals surface area contributed by atoms with Crippen molar-refractivity contribution in [2.24, 2.45) is 0 Å². The number of hydrogen-bond donors (Lipinski definition) is 1. The van der Waals surface area contributed by atoms with E-state index in [9.17, 15) is 9.59 Å². The van der Waals surface area contributed by atoms with E-state index < -0.39 is 0 Å². The molecule has 130 valence electrons. The number of aromatic nitrogens is 2. The Balaban J connectivity index is 1.62. The van der Waals surface area contributed by atoms with E-state index in [4.69, 9.17) is 4.74 Å². The molecule has 2 aromatic carbocycles. The third kappa shape index (κ3) is 2.62. The normalized spacial score (nSPS) is 12.0. The molecule has 0 amide bonds. The molecule has 5 nitrogen and oxygen atoms in total. The predicted molar refractivity (Wildman–Crippen MR) is 98.1 cm³/mol. The highest BCUT2D eigenvalue weighted by atomic mass is 16.5. The summed E-state index contributed by atoms with van der Waals surface area (Å²) in [5.41, 5.74) is 4.79. The molecule has 1 aliphatic rings. The maximum absolute atomic E-state index is 12.7. The van der Waals surface area contributed by atoms with Crippen molar-refractivity contribution in [1.82, 2.24) is 10.2 Å². The van der Waals surface area contributed by atoms with Crippen molar-refractivity contribution in [3.63, 3.8) is 0 Å². The van der Waals surface area contributed by atoms with Crippen molar-refractivity contribution < 1.29 is 14.3 Å². The molecule has 0 saturated carbocycles. The van der Waals surface area contributed by atoms with Gasteiger partial charge in [0.2, 0.25) is 0 Å². The largest absolute Gasteiger partial charge is 0.462 e. The lowest BCUT2D eigenvalue weighted by Gasteiger charge is -2.05. The number of esters is 1. The van der Waals surface area contributed by atoms with E-state index in [1.807, 2.05) is 31.2 Å². The van der Waals surface area contributed by atoms with Gasteiger partial charge in [-0.3, -0.25) is 9.89 Å². The molecule has 0 spiro atoms. The fourth-order valence-electron chi connectivity index (χ4n) is 3.16. The van der Waals surface area contributed by atoms with Gasteiger partial charge < -0.3 is 4.74 Å². The monoisotopic (exact) mass is 346 g/mol. The Morgan fingerprint density at radius 2 is 1.81 bits per heavy atom. The van der Waals surface area contributed by atoms with Gasteiger partial charge in [0.05, 0.1) is 23.4 Å². The van der Waals surface area contributed by atoms with E-state index in [0.717, 1.165) is 29.7 Å². The molecule has 1 N–H and O–H groups in total. The van der Waals surface area contributed by atoms with Crippen molar-refractivity contribution >= 4 is 11.8 Å². The maximum Gasteiger partial charge on any atom is 0.338 e. The van der Waals surface area contributed by atoms with Crippen LogP contribution in [0.1, 0.15) is 46.0 Å². The molecule has 26 heavy (non-hydrogen) atoms. The molecule has 0 radical (unpaired) electrons. The first kappa shape index (κ1) is 16.3. The second kappa shape index (κ2) is 6.59. The highest BCUT2D eigenvalue weighted by Gasteiger charge is 2.32. The molecule has 1 aromatic heterocycles. The summed E-state index contributed by atoms with van der Waals surface area (Å²) in [5, 5.41) is 7.31. The molecule has 0 bridgehead atoms. The van der Waals surface area contributed by atoms with Crippen molar-refractivity contribution in [2.45, 2.75) is 19.8 Å². The molecule has 0 unspecified atom stereocenters. The Morgan fingerprint density at radius 1 is 1.08 bits per heavy atom. The van der Waals surface area contributed by atoms with Crippen LogP contribution in [-0.4, -0.2) is 28.6 Å². The van der Waals surface area contributed by atoms with Crippen molar-refractivity contribution in [3.05, 3.63) is 65.2 Å². The number of unbranched alkanes of at least 4 members (excludes halogenated alkanes) is 1. The average Bonchev–Trinajstić information content (AvgIpc) is 3.23. The summed E-state index contributed by atoms with van der Waals surface area (Å²) in [4.78, 5) is 24.7. The molecule has 4 rings (SSSR count). The summed E-state index contributed by atoms with van der Waals surface area (Å²) in [6.07, 6.45) is 1.83. The average molecular weight is 346 g/mol. The fraction of sp³-hybridized carbons (Fsp3) is 0.190. The number of ketones is 1. The Morgan fingerprint density at radius 3 is 2.54 bits per heavy atom. The number of fused-ring (bicyclic) bond motifs is 3. The van der Waals surface area contributed by atoms with Gasteiger partial charge in [-0.25, -0.2) is 4.79 Å². The Kier molecular flexibility index (Phi) is 4.13. The molecule has 0 atom stereocenters. The Labute approximate surface area is 151 Å². The van der Waals surface area contributed by atoms with Gasteiger partial charge in [-0.05, 0) is 18.6 Å². The van der Waals surface area contributed by atoms with Crippen LogP contribution in [0.25, 0.3) is 22.5 Å². The summed E-state index contributed by atoms with van der Waals surface area (Å²) in [7, 11) is 0. The number of hydrogen-bond acceptors (Lipinski definition) is 4. The van der Waals surface area contributed by atoms with Gasteiger partial charge in [0, 0.05) is 16.7 Å². The Hall–Kier alpha value is -3.21. The molecule has 0 aliphatic heterocycles. The standard InChI is InChI=1S/C21H18N2O3/c1-2-3-12-26-21(25)14-10-8-13(9-11-14)18-17-19(23-22-18)15-6-4-5-7-16(15)20(17)24/h4-11H,2-3,12H2,1H3,(H,22,23). The third-order valence-electron chi connectivity index (χ3n) is 4.56. The summed E-state index contributed by atoms with van der Waals surface area (Å²) in [6, 6.07) is 14.5. The van der Waals surface area contributed by atoms with Crippen LogP contribution in [-0.2, 0) is 4.74 Å². The van der Waals surface area contributed by atoms with Crippen molar-refractivity contribution in [1.29, 1.82) is 0 Å². The number of aromatic amines is 1. The highest BCUT2D eigenvalue weighted by molar-refractivity contribution is 6.23. The van der Waals surface area contributed by atoms with Gasteiger partial charge in [0.25, 0.3) is 0 Å². The van der Waals surface area contributed by atoms with Crippen LogP contribution < -0.4 is 0 Å². The maximum atomic E-state index is 12.7. The number of H-pyrrole nitrogens is 1. The SMILES string of the molecule is CCCCOC(=O)c1ccc(-c2n[nH]c3c2C(=O)c2ccccc2-3)cc1. The van der Waals surface area contributed by atoms with Gasteiger partial charge in [0.15, 0.2) is 5.78 Å². The number of nitrogens with zero attached hydrogens (tertiary/aromatic N) is 1. The minimum atomic E-state index is -0.333. The minimum Gasteiger partial charge on any atom is -0.462 e. The zero-order valence-electron chi connectivity index (χ0n) is 14.4. The lowest BCUT2D eigenvalue weighted by molar-refractivity contribution is 0.0499. The van der Waals surface area contributed by atoms with Crippen LogP contribution in [0.2, 0.25) is 0 Å². The molecule has 3 aromatic rings. The number of benzene rings is 2. The summed E-state index contributed by atoms with van der Waals surface area (Å²) in [5.74, 6) is -0.358. The highest BCUT2D eigenvalue weighted by Crippen LogP contribution is 2.39. The van der Waals surface area contributed by atoms with Crippen LogP contribution >= 0.6 is 0 Å². The second-order valence-electron chi connectivity index (χ2n) is 6.26. The van der Waals surface area contributed by atoms with Gasteiger partial charge >= 0.3 is 5.97 Å². The third-order valence-corrected chi connectivity index (χ3v) is 4.56. The van der Waals surface area contributed by atoms with E-state index >= 15 is 0 Å². The lowest BCUT2D eigenvalue weighted by Crippen LogP contribution is -2.06. The van der Waals surface area contributed by atoms with E-state index in [0.29, 0.717) is 29.0 Å². The quantitative estimate of drug-likeness (QED) is 0.433. The van der Waals surface area contributed by atoms with E-state index in [1.165, 1.54) is 0 Å². The smallest absolute Gasteiger partial charge is 0.338 e. The molecule has 1 heterocycles. The molecule has 5 heteroatoms. The van der Waals surface area contributed by atoms with Gasteiger partial charge in [-0.1, -0.05) is 49.7 Å². The zero-order valence-corrected chi connectivity index (χ0v) is 14.4. The first-order chi connectivity index (χ1) is 12.7. The van der Waals surface area contributed by atoms with Crippen molar-refractivity contribution in [3.8, 4) is 22.5 Å². The van der Waals surface area contributed by atoms with Crippen LogP contribution in [0.3, 0.4) is 0 Å². The number of rotatable bonds is 5. The molecular formula is C21H18N2O3. The van der Waals surface area contributed by atoms with Gasteiger partial charge in [-0.2, -0.15) is 5.10 Å². The second-order valence-corrected chi connectivity index (χ2v) is 6.26. The van der Waals surface area contributed by atoms with Crippen LogP contribution in [0.15, 0.2) is 48.5 Å². The van der Waals surface area contributed by atoms with E-state index in [-0.39, 0.29) is 11.8 Å². The summed E-state index contributed by atoms with van der Waals surface area (Å²) >= 11 is 0. The van der Waals surface area contributed by atoms with Crippen LogP contribution in [0.5, 0.6) is 0 Å². The Bertz CT molecular complexity index is 987. The summed E-state index contributed by atoms with van der Waals surface area (Å²) < 4.78 is 5.22. The first-order valence-electron chi connectivity index (χ1n) is 8.70. The summed E-state index contributed by atoms with van der Waals surface area (Å²) in [6.45, 7) is 2.47. The van der Waals surface area contributed by atoms with E-state index in [1.54, 1.807) is 24.3 Å². The fourth-order valence-corrected chi connectivity index (χ4v) is 3.16. The number of ether oxygens (including phenoxy) is 1. The molecular weight excluding hydrogens is 328 g/mol. The minimum absolute atomic E-state index is 0.0256. The number of nitrogens with one attached hydrogen (secondary N) is 1.